The Hall–Kier alpha value is -5.34. The topological polar surface area (TPSA) is 19.4 Å². The number of benzene rings is 6. The van der Waals surface area contributed by atoms with Gasteiger partial charge in [-0.2, -0.15) is 0 Å². The minimum atomic E-state index is -0.337. The zero-order valence-electron chi connectivity index (χ0n) is 32.5. The van der Waals surface area contributed by atoms with Gasteiger partial charge in [0, 0.05) is 39.3 Å². The Balaban J connectivity index is 1.21. The predicted molar refractivity (Wildman–Crippen MR) is 214 cm³/mol. The largest absolute Gasteiger partial charge is 0.262 e. The van der Waals surface area contributed by atoms with Crippen LogP contribution in [-0.4, -0.2) is 66.4 Å². The smallest absolute Gasteiger partial charge is 0.123 e. The van der Waals surface area contributed by atoms with Crippen molar-refractivity contribution in [3.8, 4) is 0 Å². The van der Waals surface area contributed by atoms with Crippen LogP contribution in [-0.2, 0) is 39.3 Å². The molecular formula is C48H42F6N6. The maximum Gasteiger partial charge on any atom is 0.123 e. The summed E-state index contributed by atoms with van der Waals surface area (Å²) in [7, 11) is 0. The van der Waals surface area contributed by atoms with Crippen molar-refractivity contribution in [1.29, 1.82) is 0 Å². The third-order valence-electron chi connectivity index (χ3n) is 12.5. The van der Waals surface area contributed by atoms with Crippen LogP contribution in [0.5, 0.6) is 0 Å². The molecule has 0 amide bonds. The van der Waals surface area contributed by atoms with Gasteiger partial charge >= 0.3 is 0 Å². The molecule has 0 saturated carbocycles. The molecule has 11 rings (SSSR count). The van der Waals surface area contributed by atoms with E-state index < -0.39 is 0 Å². The molecule has 0 aliphatic carbocycles. The number of rotatable bonds is 12. The SMILES string of the molecule is Fc1ccc(CN2C3C4N(Cc5ccc(F)cc5)C2C2N(Cc5ccc(F)cc5)C(C(N2Cc2ccc(F)cc2)N4Cc2ccc(F)cc2)N3Cc2ccc(F)cc2)cc1. The Labute approximate surface area is 345 Å². The summed E-state index contributed by atoms with van der Waals surface area (Å²) >= 11 is 0. The number of hydrogen-bond acceptors (Lipinski definition) is 6. The molecule has 5 aliphatic rings. The standard InChI is InChI=1S/C48H42F6N6/c49-37-13-1-31(2-14-37)25-55-43-45-56(26-32-3-15-38(50)16-4-32)46-44(55)58(28-34-7-19-40(52)20-8-34)48(60(46)30-36-11-23-42(54)24-12-36)47(57(43)27-33-5-17-39(51)18-6-33)59(45)29-35-9-21-41(53)22-10-35/h1-24,43-48H,25-30H2. The van der Waals surface area contributed by atoms with Crippen molar-refractivity contribution in [3.63, 3.8) is 0 Å². The first-order valence-electron chi connectivity index (χ1n) is 20.2. The van der Waals surface area contributed by atoms with E-state index in [4.69, 9.17) is 0 Å². The van der Waals surface area contributed by atoms with Crippen LogP contribution in [0.1, 0.15) is 33.4 Å². The van der Waals surface area contributed by atoms with Gasteiger partial charge in [-0.25, -0.2) is 26.3 Å². The van der Waals surface area contributed by atoms with E-state index in [9.17, 15) is 26.3 Å². The van der Waals surface area contributed by atoms with Crippen molar-refractivity contribution >= 4 is 0 Å². The molecule has 5 heterocycles. The molecule has 306 valence electrons. The monoisotopic (exact) mass is 816 g/mol. The predicted octanol–water partition coefficient (Wildman–Crippen LogP) is 8.85. The van der Waals surface area contributed by atoms with Gasteiger partial charge in [0.05, 0.1) is 37.0 Å². The van der Waals surface area contributed by atoms with Gasteiger partial charge in [-0.1, -0.05) is 72.8 Å². The highest BCUT2D eigenvalue weighted by Crippen LogP contribution is 2.54. The average Bonchev–Trinajstić information content (AvgIpc) is 3.67. The van der Waals surface area contributed by atoms with E-state index in [0.29, 0.717) is 39.3 Å². The van der Waals surface area contributed by atoms with Gasteiger partial charge < -0.3 is 0 Å². The molecule has 0 aromatic heterocycles. The molecule has 0 unspecified atom stereocenters. The average molecular weight is 817 g/mol. The Morgan fingerprint density at radius 1 is 0.217 bits per heavy atom. The first kappa shape index (κ1) is 38.8. The molecule has 0 radical (unpaired) electrons. The molecule has 5 fully saturated rings. The maximum absolute atomic E-state index is 14.4. The second-order valence-corrected chi connectivity index (χ2v) is 16.3. The van der Waals surface area contributed by atoms with Crippen LogP contribution in [0.3, 0.4) is 0 Å². The van der Waals surface area contributed by atoms with Gasteiger partial charge in [-0.3, -0.25) is 29.4 Å². The van der Waals surface area contributed by atoms with Crippen LogP contribution < -0.4 is 0 Å². The van der Waals surface area contributed by atoms with E-state index in [1.807, 2.05) is 24.3 Å². The van der Waals surface area contributed by atoms with Crippen molar-refractivity contribution in [2.45, 2.75) is 76.3 Å². The normalized spacial score (nSPS) is 24.5. The number of nitrogens with zero attached hydrogens (tertiary/aromatic N) is 6. The van der Waals surface area contributed by atoms with Gasteiger partial charge in [0.15, 0.2) is 0 Å². The highest BCUT2D eigenvalue weighted by atomic mass is 19.1. The lowest BCUT2D eigenvalue weighted by atomic mass is 10.0. The molecule has 5 saturated heterocycles. The van der Waals surface area contributed by atoms with E-state index in [1.54, 1.807) is 48.5 Å². The van der Waals surface area contributed by atoms with Crippen LogP contribution in [0.25, 0.3) is 0 Å². The number of piperazine rings is 1. The van der Waals surface area contributed by atoms with Gasteiger partial charge in [-0.15, -0.1) is 0 Å². The Morgan fingerprint density at radius 3 is 0.450 bits per heavy atom. The molecule has 5 aliphatic heterocycles. The Kier molecular flexibility index (Phi) is 10.3. The summed E-state index contributed by atoms with van der Waals surface area (Å²) in [6, 6.07) is 39.3. The molecule has 6 aromatic rings. The molecule has 12 heteroatoms. The summed E-state index contributed by atoms with van der Waals surface area (Å²) in [5.41, 5.74) is 5.45. The van der Waals surface area contributed by atoms with Gasteiger partial charge in [0.2, 0.25) is 0 Å². The molecular weight excluding hydrogens is 775 g/mol. The summed E-state index contributed by atoms with van der Waals surface area (Å²) in [5, 5.41) is 0. The molecule has 6 aromatic carbocycles. The van der Waals surface area contributed by atoms with Crippen LogP contribution in [0, 0.1) is 34.9 Å². The minimum absolute atomic E-state index is 0.291. The Morgan fingerprint density at radius 2 is 0.333 bits per heavy atom. The highest BCUT2D eigenvalue weighted by molar-refractivity contribution is 5.29. The van der Waals surface area contributed by atoms with E-state index >= 15 is 0 Å². The van der Waals surface area contributed by atoms with E-state index in [-0.39, 0.29) is 71.9 Å². The maximum atomic E-state index is 14.4. The highest BCUT2D eigenvalue weighted by Gasteiger charge is 2.71. The van der Waals surface area contributed by atoms with Crippen LogP contribution >= 0.6 is 0 Å². The number of hydrogen-bond donors (Lipinski definition) is 0. The van der Waals surface area contributed by atoms with Crippen molar-refractivity contribution in [2.24, 2.45) is 0 Å². The van der Waals surface area contributed by atoms with Crippen molar-refractivity contribution in [2.75, 3.05) is 0 Å². The van der Waals surface area contributed by atoms with Crippen LogP contribution in [0.4, 0.5) is 26.3 Å². The minimum Gasteiger partial charge on any atom is -0.262 e. The number of halogens is 6. The van der Waals surface area contributed by atoms with Crippen molar-refractivity contribution in [1.82, 2.24) is 29.4 Å². The van der Waals surface area contributed by atoms with E-state index in [2.05, 4.69) is 29.4 Å². The Bertz CT molecular complexity index is 2120. The van der Waals surface area contributed by atoms with Crippen molar-refractivity contribution in [3.05, 3.63) is 214 Å². The molecule has 0 atom stereocenters. The zero-order chi connectivity index (χ0) is 41.1. The quantitative estimate of drug-likeness (QED) is 0.114. The summed E-state index contributed by atoms with van der Waals surface area (Å²) in [5.74, 6) is -2.02. The third kappa shape index (κ3) is 7.31. The fourth-order valence-electron chi connectivity index (χ4n) is 10.1. The van der Waals surface area contributed by atoms with Gasteiger partial charge in [-0.05, 0) is 106 Å². The van der Waals surface area contributed by atoms with Crippen LogP contribution in [0.15, 0.2) is 146 Å². The second-order valence-electron chi connectivity index (χ2n) is 16.3. The van der Waals surface area contributed by atoms with Gasteiger partial charge in [0.25, 0.3) is 0 Å². The summed E-state index contributed by atoms with van der Waals surface area (Å²) in [6.07, 6.45) is -1.83. The summed E-state index contributed by atoms with van der Waals surface area (Å²) in [4.78, 5) is 14.9. The molecule has 0 spiro atoms. The molecule has 0 N–H and O–H groups in total. The van der Waals surface area contributed by atoms with Crippen LogP contribution in [0.2, 0.25) is 0 Å². The second kappa shape index (κ2) is 15.9. The lowest BCUT2D eigenvalue weighted by molar-refractivity contribution is -0.166. The van der Waals surface area contributed by atoms with Gasteiger partial charge in [0.1, 0.15) is 34.9 Å². The fraction of sp³-hybridized carbons (Fsp3) is 0.250. The molecule has 6 nitrogen and oxygen atoms in total. The lowest BCUT2D eigenvalue weighted by Gasteiger charge is -2.56. The molecule has 6 bridgehead atoms. The third-order valence-corrected chi connectivity index (χ3v) is 12.5. The lowest BCUT2D eigenvalue weighted by Crippen LogP contribution is -2.73. The van der Waals surface area contributed by atoms with Crippen molar-refractivity contribution < 1.29 is 26.3 Å². The molecule has 60 heavy (non-hydrogen) atoms. The zero-order valence-corrected chi connectivity index (χ0v) is 32.5. The first-order chi connectivity index (χ1) is 29.2. The summed E-state index contributed by atoms with van der Waals surface area (Å²) < 4.78 is 86.6. The first-order valence-corrected chi connectivity index (χ1v) is 20.2. The van der Waals surface area contributed by atoms with E-state index in [0.717, 1.165) is 33.4 Å². The van der Waals surface area contributed by atoms with E-state index in [1.165, 1.54) is 72.8 Å². The fourth-order valence-corrected chi connectivity index (χ4v) is 10.1. The summed E-state index contributed by atoms with van der Waals surface area (Å²) in [6.45, 7) is 2.66.